The highest BCUT2D eigenvalue weighted by molar-refractivity contribution is 6.09. The van der Waals surface area contributed by atoms with E-state index < -0.39 is 6.03 Å². The smallest absolute Gasteiger partial charge is 0.328 e. The Hall–Kier alpha value is -2.63. The number of imide groups is 1. The summed E-state index contributed by atoms with van der Waals surface area (Å²) in [5.41, 5.74) is 2.12. The molecule has 0 spiro atoms. The van der Waals surface area contributed by atoms with E-state index in [9.17, 15) is 14.4 Å². The Balaban J connectivity index is 2.00. The predicted octanol–water partition coefficient (Wildman–Crippen LogP) is 2.01. The number of nitrogens with zero attached hydrogens (tertiary/aromatic N) is 1. The summed E-state index contributed by atoms with van der Waals surface area (Å²) in [5, 5.41) is 3.04. The van der Waals surface area contributed by atoms with E-state index in [0.29, 0.717) is 24.2 Å². The zero-order valence-electron chi connectivity index (χ0n) is 11.5. The van der Waals surface area contributed by atoms with Gasteiger partial charge in [-0.2, -0.15) is 0 Å². The van der Waals surface area contributed by atoms with Gasteiger partial charge >= 0.3 is 6.03 Å². The van der Waals surface area contributed by atoms with Gasteiger partial charge in [0.05, 0.1) is 5.69 Å². The molecule has 6 heteroatoms. The molecule has 3 rings (SSSR count). The van der Waals surface area contributed by atoms with E-state index in [-0.39, 0.29) is 18.1 Å². The Labute approximate surface area is 120 Å². The topological polar surface area (TPSA) is 79.6 Å². The van der Waals surface area contributed by atoms with Crippen LogP contribution in [0.15, 0.2) is 28.9 Å². The third kappa shape index (κ3) is 2.52. The first-order valence-corrected chi connectivity index (χ1v) is 6.65. The van der Waals surface area contributed by atoms with Crippen molar-refractivity contribution in [3.05, 3.63) is 30.0 Å². The number of hydrogen-bond donors (Lipinski definition) is 1. The molecule has 1 aliphatic rings. The highest BCUT2D eigenvalue weighted by Crippen LogP contribution is 2.31. The summed E-state index contributed by atoms with van der Waals surface area (Å²) in [6.45, 7) is 1.85. The van der Waals surface area contributed by atoms with Crippen molar-refractivity contribution in [2.24, 2.45) is 0 Å². The van der Waals surface area contributed by atoms with Gasteiger partial charge in [-0.15, -0.1) is 0 Å². The SMILES string of the molecule is CC(=O)Cc1ccc2occ(N3CCC(=O)NC3=O)c2c1. The lowest BCUT2D eigenvalue weighted by atomic mass is 10.1. The van der Waals surface area contributed by atoms with Gasteiger partial charge in [-0.3, -0.25) is 19.8 Å². The molecule has 1 aromatic heterocycles. The Kier molecular flexibility index (Phi) is 3.21. The average Bonchev–Trinajstić information content (AvgIpc) is 2.81. The zero-order chi connectivity index (χ0) is 15.0. The summed E-state index contributed by atoms with van der Waals surface area (Å²) in [5.74, 6) is -0.206. The number of carbonyl (C=O) groups is 3. The molecule has 1 N–H and O–H groups in total. The Morgan fingerprint density at radius 3 is 2.90 bits per heavy atom. The van der Waals surface area contributed by atoms with Gasteiger partial charge in [0.1, 0.15) is 17.6 Å². The highest BCUT2D eigenvalue weighted by atomic mass is 16.3. The number of carbonyl (C=O) groups excluding carboxylic acids is 3. The molecule has 0 saturated carbocycles. The minimum Gasteiger partial charge on any atom is -0.462 e. The van der Waals surface area contributed by atoms with Crippen LogP contribution < -0.4 is 10.2 Å². The van der Waals surface area contributed by atoms with E-state index in [4.69, 9.17) is 4.42 Å². The van der Waals surface area contributed by atoms with E-state index in [0.717, 1.165) is 10.9 Å². The molecule has 1 fully saturated rings. The number of ketones is 1. The van der Waals surface area contributed by atoms with Crippen LogP contribution in [0.5, 0.6) is 0 Å². The van der Waals surface area contributed by atoms with E-state index in [1.165, 1.54) is 18.1 Å². The van der Waals surface area contributed by atoms with Crippen LogP contribution in [-0.4, -0.2) is 24.3 Å². The van der Waals surface area contributed by atoms with Crippen molar-refractivity contribution >= 4 is 34.4 Å². The standard InChI is InChI=1S/C15H14N2O4/c1-9(18)6-10-2-3-13-11(7-10)12(8-21-13)17-5-4-14(19)16-15(17)20/h2-3,7-8H,4-6H2,1H3,(H,16,19,20). The summed E-state index contributed by atoms with van der Waals surface area (Å²) in [7, 11) is 0. The predicted molar refractivity (Wildman–Crippen MR) is 76.1 cm³/mol. The molecule has 0 aliphatic carbocycles. The fraction of sp³-hybridized carbons (Fsp3) is 0.267. The summed E-state index contributed by atoms with van der Waals surface area (Å²) in [4.78, 5) is 35.8. The molecule has 21 heavy (non-hydrogen) atoms. The number of nitrogens with one attached hydrogen (secondary N) is 1. The molecule has 2 heterocycles. The van der Waals surface area contributed by atoms with Crippen molar-refractivity contribution in [3.63, 3.8) is 0 Å². The lowest BCUT2D eigenvalue weighted by Crippen LogP contribution is -2.49. The van der Waals surface area contributed by atoms with Gasteiger partial charge in [0, 0.05) is 24.8 Å². The number of furan rings is 1. The van der Waals surface area contributed by atoms with Crippen LogP contribution in [0.1, 0.15) is 18.9 Å². The fourth-order valence-corrected chi connectivity index (χ4v) is 2.46. The normalized spacial score (nSPS) is 15.4. The highest BCUT2D eigenvalue weighted by Gasteiger charge is 2.26. The minimum atomic E-state index is -0.453. The second-order valence-corrected chi connectivity index (χ2v) is 5.09. The van der Waals surface area contributed by atoms with E-state index in [1.54, 1.807) is 6.07 Å². The lowest BCUT2D eigenvalue weighted by molar-refractivity contribution is -0.120. The van der Waals surface area contributed by atoms with Crippen molar-refractivity contribution in [2.75, 3.05) is 11.4 Å². The molecular formula is C15H14N2O4. The first kappa shape index (κ1) is 13.4. The molecular weight excluding hydrogens is 272 g/mol. The molecule has 1 aliphatic heterocycles. The third-order valence-corrected chi connectivity index (χ3v) is 3.42. The molecule has 108 valence electrons. The molecule has 0 radical (unpaired) electrons. The van der Waals surface area contributed by atoms with Crippen LogP contribution in [0.25, 0.3) is 11.0 Å². The summed E-state index contributed by atoms with van der Waals surface area (Å²) >= 11 is 0. The van der Waals surface area contributed by atoms with E-state index in [2.05, 4.69) is 5.32 Å². The quantitative estimate of drug-likeness (QED) is 0.936. The first-order chi connectivity index (χ1) is 10.0. The number of anilines is 1. The Bertz CT molecular complexity index is 747. The molecule has 0 atom stereocenters. The van der Waals surface area contributed by atoms with Gasteiger partial charge in [0.15, 0.2) is 0 Å². The molecule has 3 amide bonds. The van der Waals surface area contributed by atoms with Crippen LogP contribution >= 0.6 is 0 Å². The molecule has 1 aromatic carbocycles. The summed E-state index contributed by atoms with van der Waals surface area (Å²) in [6.07, 6.45) is 2.09. The summed E-state index contributed by atoms with van der Waals surface area (Å²) in [6, 6.07) is 5.01. The maximum Gasteiger partial charge on any atom is 0.328 e. The van der Waals surface area contributed by atoms with Gasteiger partial charge in [-0.25, -0.2) is 4.79 Å². The van der Waals surface area contributed by atoms with Crippen molar-refractivity contribution < 1.29 is 18.8 Å². The second kappa shape index (κ2) is 5.05. The first-order valence-electron chi connectivity index (χ1n) is 6.65. The number of rotatable bonds is 3. The lowest BCUT2D eigenvalue weighted by Gasteiger charge is -2.25. The van der Waals surface area contributed by atoms with Crippen molar-refractivity contribution in [1.82, 2.24) is 5.32 Å². The molecule has 0 unspecified atom stereocenters. The Morgan fingerprint density at radius 1 is 1.38 bits per heavy atom. The molecule has 1 saturated heterocycles. The van der Waals surface area contributed by atoms with Crippen LogP contribution in [0.4, 0.5) is 10.5 Å². The summed E-state index contributed by atoms with van der Waals surface area (Å²) < 4.78 is 5.45. The molecule has 0 bridgehead atoms. The van der Waals surface area contributed by atoms with Gasteiger partial charge < -0.3 is 4.42 Å². The minimum absolute atomic E-state index is 0.0701. The third-order valence-electron chi connectivity index (χ3n) is 3.42. The number of urea groups is 1. The van der Waals surface area contributed by atoms with Crippen LogP contribution in [0, 0.1) is 0 Å². The van der Waals surface area contributed by atoms with Crippen molar-refractivity contribution in [3.8, 4) is 0 Å². The number of hydrogen-bond acceptors (Lipinski definition) is 4. The van der Waals surface area contributed by atoms with Crippen LogP contribution in [-0.2, 0) is 16.0 Å². The maximum atomic E-state index is 11.9. The van der Waals surface area contributed by atoms with Crippen molar-refractivity contribution in [1.29, 1.82) is 0 Å². The number of amides is 3. The Morgan fingerprint density at radius 2 is 2.19 bits per heavy atom. The van der Waals surface area contributed by atoms with E-state index >= 15 is 0 Å². The monoisotopic (exact) mass is 286 g/mol. The van der Waals surface area contributed by atoms with Gasteiger partial charge in [0.25, 0.3) is 0 Å². The molecule has 2 aromatic rings. The van der Waals surface area contributed by atoms with Crippen LogP contribution in [0.3, 0.4) is 0 Å². The van der Waals surface area contributed by atoms with Crippen molar-refractivity contribution in [2.45, 2.75) is 19.8 Å². The fourth-order valence-electron chi connectivity index (χ4n) is 2.46. The number of Topliss-reactive ketones (excluding diaryl/α,β-unsaturated/α-hetero) is 1. The van der Waals surface area contributed by atoms with Crippen LogP contribution in [0.2, 0.25) is 0 Å². The second-order valence-electron chi connectivity index (χ2n) is 5.09. The maximum absolute atomic E-state index is 11.9. The van der Waals surface area contributed by atoms with Gasteiger partial charge in [-0.1, -0.05) is 6.07 Å². The van der Waals surface area contributed by atoms with E-state index in [1.807, 2.05) is 12.1 Å². The number of benzene rings is 1. The van der Waals surface area contributed by atoms with Gasteiger partial charge in [0.2, 0.25) is 5.91 Å². The average molecular weight is 286 g/mol. The molecule has 6 nitrogen and oxygen atoms in total. The largest absolute Gasteiger partial charge is 0.462 e. The zero-order valence-corrected chi connectivity index (χ0v) is 11.5. The number of fused-ring (bicyclic) bond motifs is 1. The van der Waals surface area contributed by atoms with Gasteiger partial charge in [-0.05, 0) is 24.6 Å².